The fourth-order valence-electron chi connectivity index (χ4n) is 6.02. The molecule has 210 valence electrons. The number of carboxylic acids is 1. The fraction of sp³-hybridized carbons (Fsp3) is 0.500. The van der Waals surface area contributed by atoms with Gasteiger partial charge in [0.2, 0.25) is 5.91 Å². The lowest BCUT2D eigenvalue weighted by molar-refractivity contribution is -0.137. The Labute approximate surface area is 240 Å². The number of benzene rings is 2. The molecule has 2 aromatic carbocycles. The summed E-state index contributed by atoms with van der Waals surface area (Å²) in [6, 6.07) is 11.7. The van der Waals surface area contributed by atoms with Crippen LogP contribution >= 0.6 is 23.2 Å². The molecule has 9 heteroatoms. The van der Waals surface area contributed by atoms with Crippen molar-refractivity contribution in [2.45, 2.75) is 77.5 Å². The zero-order valence-electron chi connectivity index (χ0n) is 22.9. The van der Waals surface area contributed by atoms with Crippen molar-refractivity contribution in [2.75, 3.05) is 6.54 Å². The molecule has 1 aliphatic carbocycles. The lowest BCUT2D eigenvalue weighted by Gasteiger charge is -2.48. The second-order valence-electron chi connectivity index (χ2n) is 11.8. The first-order chi connectivity index (χ1) is 18.3. The van der Waals surface area contributed by atoms with Crippen molar-refractivity contribution < 1.29 is 19.5 Å². The molecule has 2 fully saturated rings. The molecule has 1 saturated heterocycles. The summed E-state index contributed by atoms with van der Waals surface area (Å²) in [6.45, 7) is 8.92. The number of carbonyl (C=O) groups excluding carboxylic acids is 2. The van der Waals surface area contributed by atoms with Gasteiger partial charge in [-0.1, -0.05) is 62.2 Å². The summed E-state index contributed by atoms with van der Waals surface area (Å²) in [5.41, 5.74) is 1.84. The number of rotatable bonds is 7. The van der Waals surface area contributed by atoms with Gasteiger partial charge >= 0.3 is 5.97 Å². The van der Waals surface area contributed by atoms with E-state index in [1.54, 1.807) is 24.3 Å². The number of amides is 2. The van der Waals surface area contributed by atoms with Crippen LogP contribution in [0.25, 0.3) is 0 Å². The predicted molar refractivity (Wildman–Crippen MR) is 153 cm³/mol. The number of aliphatic carboxylic acids is 1. The van der Waals surface area contributed by atoms with E-state index in [4.69, 9.17) is 28.3 Å². The topological polar surface area (TPSA) is 98.7 Å². The maximum Gasteiger partial charge on any atom is 0.305 e. The summed E-state index contributed by atoms with van der Waals surface area (Å²) < 4.78 is 0. The van der Waals surface area contributed by atoms with E-state index in [-0.39, 0.29) is 36.2 Å². The van der Waals surface area contributed by atoms with Crippen LogP contribution in [0, 0.1) is 11.3 Å². The Kier molecular flexibility index (Phi) is 8.64. The molecule has 1 aliphatic heterocycles. The first-order valence-electron chi connectivity index (χ1n) is 13.5. The monoisotopic (exact) mass is 573 g/mol. The molecule has 0 radical (unpaired) electrons. The summed E-state index contributed by atoms with van der Waals surface area (Å²) in [5, 5.41) is 16.0. The van der Waals surface area contributed by atoms with E-state index in [0.29, 0.717) is 21.5 Å². The molecule has 2 atom stereocenters. The first kappa shape index (κ1) is 29.4. The molecule has 2 unspecified atom stereocenters. The van der Waals surface area contributed by atoms with Gasteiger partial charge in [-0.15, -0.1) is 0 Å². The SMILES string of the molecule is CC(c1ccc(C(=O)NCCC(=O)O)cc1)N1C(=O)C(c2ccc(Cl)c(Cl)c2)NC12CCC(C(C)(C)C)CC2. The number of nitrogens with zero attached hydrogens (tertiary/aromatic N) is 1. The smallest absolute Gasteiger partial charge is 0.305 e. The van der Waals surface area contributed by atoms with E-state index < -0.39 is 17.7 Å². The minimum Gasteiger partial charge on any atom is -0.481 e. The first-order valence-corrected chi connectivity index (χ1v) is 14.2. The Morgan fingerprint density at radius 1 is 1.10 bits per heavy atom. The van der Waals surface area contributed by atoms with E-state index in [1.165, 1.54) is 0 Å². The van der Waals surface area contributed by atoms with Crippen LogP contribution in [-0.2, 0) is 9.59 Å². The van der Waals surface area contributed by atoms with Crippen LogP contribution in [-0.4, -0.2) is 40.0 Å². The van der Waals surface area contributed by atoms with Crippen LogP contribution in [0.15, 0.2) is 42.5 Å². The molecule has 1 saturated carbocycles. The number of carboxylic acid groups (broad SMARTS) is 1. The summed E-state index contributed by atoms with van der Waals surface area (Å²) in [6.07, 6.45) is 3.57. The molecule has 1 heterocycles. The van der Waals surface area contributed by atoms with Gasteiger partial charge in [-0.05, 0) is 79.3 Å². The van der Waals surface area contributed by atoms with Gasteiger partial charge in [-0.2, -0.15) is 0 Å². The van der Waals surface area contributed by atoms with Gasteiger partial charge in [0, 0.05) is 12.1 Å². The second kappa shape index (κ2) is 11.5. The van der Waals surface area contributed by atoms with Crippen molar-refractivity contribution in [3.8, 4) is 0 Å². The van der Waals surface area contributed by atoms with Crippen molar-refractivity contribution >= 4 is 41.0 Å². The van der Waals surface area contributed by atoms with Gasteiger partial charge in [0.25, 0.3) is 5.91 Å². The third kappa shape index (κ3) is 6.26. The molecule has 7 nitrogen and oxygen atoms in total. The number of carbonyl (C=O) groups is 3. The number of hydrogen-bond acceptors (Lipinski definition) is 4. The van der Waals surface area contributed by atoms with Gasteiger partial charge in [-0.3, -0.25) is 19.7 Å². The molecule has 2 amide bonds. The highest BCUT2D eigenvalue weighted by Crippen LogP contribution is 2.49. The molecule has 0 bridgehead atoms. The van der Waals surface area contributed by atoms with Crippen LogP contribution in [0.1, 0.15) is 93.4 Å². The standard InChI is InChI=1S/C30H37Cl2N3O4/c1-18(19-5-7-20(8-6-19)27(38)33-16-13-25(36)37)35-28(39)26(21-9-10-23(31)24(32)17-21)34-30(35)14-11-22(12-15-30)29(2,3)4/h5-10,17-18,22,26,34H,11-16H2,1-4H3,(H,33,38)(H,36,37). The van der Waals surface area contributed by atoms with E-state index in [2.05, 4.69) is 31.4 Å². The van der Waals surface area contributed by atoms with Crippen LogP contribution < -0.4 is 10.6 Å². The Balaban J connectivity index is 1.60. The number of nitrogens with one attached hydrogen (secondary N) is 2. The zero-order chi connectivity index (χ0) is 28.5. The van der Waals surface area contributed by atoms with E-state index in [1.807, 2.05) is 30.0 Å². The van der Waals surface area contributed by atoms with Crippen molar-refractivity contribution in [2.24, 2.45) is 11.3 Å². The molecular weight excluding hydrogens is 537 g/mol. The Morgan fingerprint density at radius 3 is 2.31 bits per heavy atom. The Bertz CT molecular complexity index is 1230. The number of halogens is 2. The molecule has 2 aromatic rings. The molecule has 0 aromatic heterocycles. The van der Waals surface area contributed by atoms with Gasteiger partial charge < -0.3 is 15.3 Å². The van der Waals surface area contributed by atoms with Crippen molar-refractivity contribution in [3.63, 3.8) is 0 Å². The summed E-state index contributed by atoms with van der Waals surface area (Å²) in [7, 11) is 0. The minimum absolute atomic E-state index is 0.00871. The Morgan fingerprint density at radius 2 is 1.74 bits per heavy atom. The normalized spacial score (nSPS) is 24.2. The second-order valence-corrected chi connectivity index (χ2v) is 12.6. The lowest BCUT2D eigenvalue weighted by atomic mass is 9.69. The van der Waals surface area contributed by atoms with Gasteiger partial charge in [0.05, 0.1) is 28.2 Å². The van der Waals surface area contributed by atoms with Crippen molar-refractivity contribution in [3.05, 3.63) is 69.2 Å². The van der Waals surface area contributed by atoms with Crippen LogP contribution in [0.5, 0.6) is 0 Å². The van der Waals surface area contributed by atoms with Crippen molar-refractivity contribution in [1.29, 1.82) is 0 Å². The average molecular weight is 575 g/mol. The quantitative estimate of drug-likeness (QED) is 0.357. The predicted octanol–water partition coefficient (Wildman–Crippen LogP) is 6.36. The maximum absolute atomic E-state index is 14.1. The highest BCUT2D eigenvalue weighted by atomic mass is 35.5. The average Bonchev–Trinajstić information content (AvgIpc) is 3.16. The van der Waals surface area contributed by atoms with Gasteiger partial charge in [0.1, 0.15) is 6.04 Å². The summed E-state index contributed by atoms with van der Waals surface area (Å²) in [5.74, 6) is -0.732. The molecule has 3 N–H and O–H groups in total. The minimum atomic E-state index is -0.965. The highest BCUT2D eigenvalue weighted by Gasteiger charge is 2.54. The third-order valence-corrected chi connectivity index (χ3v) is 9.08. The maximum atomic E-state index is 14.1. The van der Waals surface area contributed by atoms with Crippen LogP contribution in [0.3, 0.4) is 0 Å². The molecule has 39 heavy (non-hydrogen) atoms. The highest BCUT2D eigenvalue weighted by molar-refractivity contribution is 6.42. The molecule has 2 aliphatic rings. The third-order valence-electron chi connectivity index (χ3n) is 8.34. The van der Waals surface area contributed by atoms with Crippen LogP contribution in [0.4, 0.5) is 0 Å². The van der Waals surface area contributed by atoms with E-state index in [9.17, 15) is 14.4 Å². The van der Waals surface area contributed by atoms with E-state index in [0.717, 1.165) is 36.8 Å². The molecule has 4 rings (SSSR count). The van der Waals surface area contributed by atoms with Crippen molar-refractivity contribution in [1.82, 2.24) is 15.5 Å². The largest absolute Gasteiger partial charge is 0.481 e. The molecular formula is C30H37Cl2N3O4. The molecule has 1 spiro atoms. The fourth-order valence-corrected chi connectivity index (χ4v) is 6.33. The summed E-state index contributed by atoms with van der Waals surface area (Å²) in [4.78, 5) is 39.2. The number of hydrogen-bond donors (Lipinski definition) is 3. The lowest BCUT2D eigenvalue weighted by Crippen LogP contribution is -2.55. The summed E-state index contributed by atoms with van der Waals surface area (Å²) >= 11 is 12.5. The Hall–Kier alpha value is -2.61. The van der Waals surface area contributed by atoms with Gasteiger partial charge in [-0.25, -0.2) is 0 Å². The zero-order valence-corrected chi connectivity index (χ0v) is 24.4. The van der Waals surface area contributed by atoms with Gasteiger partial charge in [0.15, 0.2) is 0 Å². The van der Waals surface area contributed by atoms with Crippen LogP contribution in [0.2, 0.25) is 10.0 Å². The van der Waals surface area contributed by atoms with E-state index >= 15 is 0 Å².